The zero-order valence-electron chi connectivity index (χ0n) is 18.1. The number of hydrogen-bond donors (Lipinski definition) is 2. The Kier molecular flexibility index (Phi) is 7.30. The molecular weight excluding hydrogens is 460 g/mol. The van der Waals surface area contributed by atoms with Gasteiger partial charge < -0.3 is 10.2 Å². The van der Waals surface area contributed by atoms with Gasteiger partial charge in [-0.15, -0.1) is 11.3 Å². The molecule has 1 aliphatic heterocycles. The molecule has 0 radical (unpaired) electrons. The molecule has 4 rings (SSSR count). The lowest BCUT2D eigenvalue weighted by atomic mass is 10.1. The van der Waals surface area contributed by atoms with E-state index in [1.54, 1.807) is 28.9 Å². The normalized spacial score (nSPS) is 13.9. The number of carbonyl (C=O) groups is 1. The van der Waals surface area contributed by atoms with Crippen molar-refractivity contribution in [1.82, 2.24) is 10.4 Å². The molecule has 9 nitrogen and oxygen atoms in total. The molecule has 0 unspecified atom stereocenters. The summed E-state index contributed by atoms with van der Waals surface area (Å²) in [5.74, 6) is -0.518. The Morgan fingerprint density at radius 1 is 1.30 bits per heavy atom. The van der Waals surface area contributed by atoms with E-state index in [0.29, 0.717) is 12.2 Å². The highest BCUT2D eigenvalue weighted by Crippen LogP contribution is 2.35. The van der Waals surface area contributed by atoms with Crippen molar-refractivity contribution >= 4 is 51.3 Å². The fraction of sp³-hybridized carbons (Fsp3) is 0.318. The second-order valence-electron chi connectivity index (χ2n) is 7.45. The molecule has 3 aromatic rings. The number of nitro groups is 1. The summed E-state index contributed by atoms with van der Waals surface area (Å²) in [5.41, 5.74) is 3.72. The highest BCUT2D eigenvalue weighted by Gasteiger charge is 2.20. The number of benzene rings is 1. The van der Waals surface area contributed by atoms with Gasteiger partial charge in [-0.1, -0.05) is 17.4 Å². The number of nitro benzene ring substituents is 1. The molecule has 0 atom stereocenters. The summed E-state index contributed by atoms with van der Waals surface area (Å²) >= 11 is 3.15. The van der Waals surface area contributed by atoms with Gasteiger partial charge in [0.15, 0.2) is 5.13 Å². The lowest BCUT2D eigenvalue weighted by Gasteiger charge is -2.25. The number of nitrogens with zero attached hydrogens (tertiary/aromatic N) is 4. The van der Waals surface area contributed by atoms with Crippen LogP contribution in [0, 0.1) is 10.1 Å². The van der Waals surface area contributed by atoms with Gasteiger partial charge in [0.25, 0.3) is 11.6 Å². The Morgan fingerprint density at radius 2 is 2.12 bits per heavy atom. The molecular formula is C22H24N6O3S2. The van der Waals surface area contributed by atoms with Crippen LogP contribution >= 0.6 is 22.7 Å². The Hall–Kier alpha value is -3.31. The predicted octanol–water partition coefficient (Wildman–Crippen LogP) is 4.97. The molecule has 3 heterocycles. The van der Waals surface area contributed by atoms with Crippen molar-refractivity contribution in [2.75, 3.05) is 29.9 Å². The van der Waals surface area contributed by atoms with Crippen LogP contribution in [0.4, 0.5) is 16.5 Å². The number of amides is 1. The molecule has 33 heavy (non-hydrogen) atoms. The maximum absolute atomic E-state index is 12.6. The van der Waals surface area contributed by atoms with E-state index in [4.69, 9.17) is 4.98 Å². The number of nitrogens with one attached hydrogen (secondary N) is 2. The fourth-order valence-corrected chi connectivity index (χ4v) is 5.39. The number of aromatic nitrogens is 1. The van der Waals surface area contributed by atoms with Crippen molar-refractivity contribution in [3.05, 3.63) is 56.3 Å². The van der Waals surface area contributed by atoms with Gasteiger partial charge in [0.1, 0.15) is 11.4 Å². The first-order valence-corrected chi connectivity index (χ1v) is 12.4. The molecule has 0 bridgehead atoms. The molecule has 1 aliphatic rings. The second kappa shape index (κ2) is 10.5. The molecule has 2 N–H and O–H groups in total. The van der Waals surface area contributed by atoms with Gasteiger partial charge in [-0.05, 0) is 49.8 Å². The molecule has 2 aromatic heterocycles. The Balaban J connectivity index is 1.53. The largest absolute Gasteiger partial charge is 0.380 e. The Morgan fingerprint density at radius 3 is 2.82 bits per heavy atom. The molecule has 11 heteroatoms. The quantitative estimate of drug-likeness (QED) is 0.265. The minimum absolute atomic E-state index is 0.151. The number of rotatable bonds is 8. The van der Waals surface area contributed by atoms with Gasteiger partial charge in [-0.2, -0.15) is 5.10 Å². The molecule has 0 spiro atoms. The molecule has 1 amide bonds. The standard InChI is InChI=1S/C22H24N6O3S2/c1-2-23-16-9-8-15(13-17(16)28(30)31)21(29)26-24-14-19-20(18-7-6-12-32-18)25-22(33-19)27-10-4-3-5-11-27/h6-9,12-14,23H,2-5,10-11H2,1H3,(H,26,29). The van der Waals surface area contributed by atoms with Gasteiger partial charge in [0.2, 0.25) is 0 Å². The van der Waals surface area contributed by atoms with E-state index in [-0.39, 0.29) is 11.3 Å². The SMILES string of the molecule is CCNc1ccc(C(=O)NN=Cc2sc(N3CCCCC3)nc2-c2cccs2)cc1[N+](=O)[O-]. The van der Waals surface area contributed by atoms with E-state index in [0.717, 1.165) is 46.5 Å². The van der Waals surface area contributed by atoms with Gasteiger partial charge in [0, 0.05) is 31.3 Å². The summed E-state index contributed by atoms with van der Waals surface area (Å²) in [4.78, 5) is 32.4. The van der Waals surface area contributed by atoms with Crippen LogP contribution < -0.4 is 15.6 Å². The van der Waals surface area contributed by atoms with Crippen LogP contribution in [0.5, 0.6) is 0 Å². The number of anilines is 2. The molecule has 1 fully saturated rings. The molecule has 1 aromatic carbocycles. The van der Waals surface area contributed by atoms with Crippen LogP contribution in [0.3, 0.4) is 0 Å². The van der Waals surface area contributed by atoms with E-state index in [9.17, 15) is 14.9 Å². The number of hydrazone groups is 1. The topological polar surface area (TPSA) is 113 Å². The summed E-state index contributed by atoms with van der Waals surface area (Å²) in [6.45, 7) is 4.37. The lowest BCUT2D eigenvalue weighted by molar-refractivity contribution is -0.384. The van der Waals surface area contributed by atoms with Crippen LogP contribution in [0.2, 0.25) is 0 Å². The molecule has 0 aliphatic carbocycles. The number of thiophene rings is 1. The van der Waals surface area contributed by atoms with E-state index < -0.39 is 10.8 Å². The summed E-state index contributed by atoms with van der Waals surface area (Å²) in [6.07, 6.45) is 5.16. The maximum Gasteiger partial charge on any atom is 0.293 e. The fourth-order valence-electron chi connectivity index (χ4n) is 3.60. The highest BCUT2D eigenvalue weighted by atomic mass is 32.1. The van der Waals surface area contributed by atoms with Crippen molar-refractivity contribution < 1.29 is 9.72 Å². The van der Waals surface area contributed by atoms with Crippen LogP contribution in [0.1, 0.15) is 41.4 Å². The predicted molar refractivity (Wildman–Crippen MR) is 134 cm³/mol. The summed E-state index contributed by atoms with van der Waals surface area (Å²) in [5, 5.41) is 21.4. The Bertz CT molecular complexity index is 1150. The monoisotopic (exact) mass is 484 g/mol. The number of piperidine rings is 1. The van der Waals surface area contributed by atoms with Crippen molar-refractivity contribution in [2.24, 2.45) is 5.10 Å². The van der Waals surface area contributed by atoms with E-state index in [1.807, 2.05) is 24.4 Å². The smallest absolute Gasteiger partial charge is 0.293 e. The first kappa shape index (κ1) is 22.9. The van der Waals surface area contributed by atoms with Crippen molar-refractivity contribution in [2.45, 2.75) is 26.2 Å². The second-order valence-corrected chi connectivity index (χ2v) is 9.41. The van der Waals surface area contributed by atoms with E-state index >= 15 is 0 Å². The molecule has 1 saturated heterocycles. The van der Waals surface area contributed by atoms with E-state index in [2.05, 4.69) is 20.7 Å². The first-order valence-electron chi connectivity index (χ1n) is 10.7. The molecule has 172 valence electrons. The van der Waals surface area contributed by atoms with E-state index in [1.165, 1.54) is 24.6 Å². The third-order valence-corrected chi connectivity index (χ3v) is 7.12. The van der Waals surface area contributed by atoms with Crippen molar-refractivity contribution in [3.8, 4) is 10.6 Å². The van der Waals surface area contributed by atoms with Gasteiger partial charge in [0.05, 0.1) is 20.9 Å². The average molecular weight is 485 g/mol. The summed E-state index contributed by atoms with van der Waals surface area (Å²) in [7, 11) is 0. The Labute approximate surface area is 199 Å². The summed E-state index contributed by atoms with van der Waals surface area (Å²) in [6, 6.07) is 8.31. The highest BCUT2D eigenvalue weighted by molar-refractivity contribution is 7.18. The van der Waals surface area contributed by atoms with Gasteiger partial charge >= 0.3 is 0 Å². The number of hydrogen-bond acceptors (Lipinski definition) is 9. The van der Waals surface area contributed by atoms with Crippen LogP contribution in [0.25, 0.3) is 10.6 Å². The number of carbonyl (C=O) groups excluding carboxylic acids is 1. The van der Waals surface area contributed by atoms with Gasteiger partial charge in [-0.25, -0.2) is 10.4 Å². The minimum atomic E-state index is -0.518. The molecule has 0 saturated carbocycles. The lowest BCUT2D eigenvalue weighted by Crippen LogP contribution is -2.29. The van der Waals surface area contributed by atoms with Crippen molar-refractivity contribution in [1.29, 1.82) is 0 Å². The van der Waals surface area contributed by atoms with Gasteiger partial charge in [-0.3, -0.25) is 14.9 Å². The zero-order valence-corrected chi connectivity index (χ0v) is 19.7. The first-order chi connectivity index (χ1) is 16.1. The van der Waals surface area contributed by atoms with Crippen LogP contribution in [-0.2, 0) is 0 Å². The minimum Gasteiger partial charge on any atom is -0.380 e. The third-order valence-electron chi connectivity index (χ3n) is 5.19. The average Bonchev–Trinajstić information content (AvgIpc) is 3.50. The number of thiazole rings is 1. The third kappa shape index (κ3) is 5.37. The zero-order chi connectivity index (χ0) is 23.2. The van der Waals surface area contributed by atoms with Crippen molar-refractivity contribution in [3.63, 3.8) is 0 Å². The van der Waals surface area contributed by atoms with Crippen LogP contribution in [-0.4, -0.2) is 41.7 Å². The maximum atomic E-state index is 12.6. The summed E-state index contributed by atoms with van der Waals surface area (Å²) < 4.78 is 0. The van der Waals surface area contributed by atoms with Crippen LogP contribution in [0.15, 0.2) is 40.8 Å².